The molecule has 0 saturated heterocycles. The van der Waals surface area contributed by atoms with Crippen LogP contribution in [0.4, 0.5) is 11.4 Å². The summed E-state index contributed by atoms with van der Waals surface area (Å²) in [5.41, 5.74) is 5.53. The lowest BCUT2D eigenvalue weighted by Gasteiger charge is -2.14. The topological polar surface area (TPSA) is 70.2 Å². The highest BCUT2D eigenvalue weighted by atomic mass is 16.5. The first kappa shape index (κ1) is 19.5. The van der Waals surface area contributed by atoms with Crippen LogP contribution < -0.4 is 15.0 Å². The summed E-state index contributed by atoms with van der Waals surface area (Å²) in [6.45, 7) is 0. The number of methoxy groups -OCH3 is 1. The van der Waals surface area contributed by atoms with Crippen molar-refractivity contribution in [3.8, 4) is 16.9 Å². The summed E-state index contributed by atoms with van der Waals surface area (Å²) in [5.74, 6) is 0.742. The van der Waals surface area contributed by atoms with Gasteiger partial charge >= 0.3 is 0 Å². The van der Waals surface area contributed by atoms with Crippen LogP contribution in [0, 0.1) is 0 Å². The highest BCUT2D eigenvalue weighted by Crippen LogP contribution is 2.27. The van der Waals surface area contributed by atoms with Crippen LogP contribution in [0.3, 0.4) is 0 Å². The van der Waals surface area contributed by atoms with Gasteiger partial charge in [0.2, 0.25) is 5.91 Å². The number of hydrogen-bond donors (Lipinski definition) is 2. The quantitative estimate of drug-likeness (QED) is 0.500. The SMILES string of the molecule is COc1ccc(-c2cnc3[nH]cc(CC(=O)Nc4cccc(N(C)C)c4)c3c2)cc1. The van der Waals surface area contributed by atoms with Crippen molar-refractivity contribution in [2.24, 2.45) is 0 Å². The summed E-state index contributed by atoms with van der Waals surface area (Å²) < 4.78 is 5.23. The minimum Gasteiger partial charge on any atom is -0.497 e. The first-order valence-electron chi connectivity index (χ1n) is 9.71. The van der Waals surface area contributed by atoms with Crippen molar-refractivity contribution in [2.45, 2.75) is 6.42 Å². The summed E-state index contributed by atoms with van der Waals surface area (Å²) in [7, 11) is 5.59. The Morgan fingerprint density at radius 3 is 2.63 bits per heavy atom. The second kappa shape index (κ2) is 8.29. The molecule has 6 heteroatoms. The van der Waals surface area contributed by atoms with Gasteiger partial charge in [-0.25, -0.2) is 4.98 Å². The van der Waals surface area contributed by atoms with Crippen LogP contribution in [0.5, 0.6) is 5.75 Å². The lowest BCUT2D eigenvalue weighted by atomic mass is 10.0. The number of ether oxygens (including phenoxy) is 1. The number of carbonyl (C=O) groups is 1. The lowest BCUT2D eigenvalue weighted by Crippen LogP contribution is -2.15. The van der Waals surface area contributed by atoms with Crippen LogP contribution >= 0.6 is 0 Å². The average Bonchev–Trinajstić information content (AvgIpc) is 3.15. The number of H-pyrrole nitrogens is 1. The Morgan fingerprint density at radius 2 is 1.90 bits per heavy atom. The Hall–Kier alpha value is -3.80. The van der Waals surface area contributed by atoms with Gasteiger partial charge in [-0.3, -0.25) is 4.79 Å². The summed E-state index contributed by atoms with van der Waals surface area (Å²) in [6, 6.07) is 17.7. The van der Waals surface area contributed by atoms with E-state index in [-0.39, 0.29) is 12.3 Å². The number of pyridine rings is 1. The molecule has 0 aliphatic carbocycles. The minimum atomic E-state index is -0.0679. The fourth-order valence-electron chi connectivity index (χ4n) is 3.39. The van der Waals surface area contributed by atoms with Crippen molar-refractivity contribution in [3.63, 3.8) is 0 Å². The maximum atomic E-state index is 12.7. The zero-order valence-corrected chi connectivity index (χ0v) is 17.3. The van der Waals surface area contributed by atoms with Crippen molar-refractivity contribution >= 4 is 28.3 Å². The Morgan fingerprint density at radius 1 is 1.10 bits per heavy atom. The molecule has 0 bridgehead atoms. The number of amides is 1. The molecule has 0 saturated carbocycles. The van der Waals surface area contributed by atoms with Gasteiger partial charge in [0, 0.05) is 48.8 Å². The third-order valence-electron chi connectivity index (χ3n) is 5.04. The Balaban J connectivity index is 1.55. The van der Waals surface area contributed by atoms with Gasteiger partial charge in [0.1, 0.15) is 11.4 Å². The van der Waals surface area contributed by atoms with Gasteiger partial charge in [-0.1, -0.05) is 18.2 Å². The zero-order valence-electron chi connectivity index (χ0n) is 17.3. The van der Waals surface area contributed by atoms with Crippen LogP contribution in [0.1, 0.15) is 5.56 Å². The lowest BCUT2D eigenvalue weighted by molar-refractivity contribution is -0.115. The van der Waals surface area contributed by atoms with E-state index in [9.17, 15) is 4.79 Å². The second-order valence-corrected chi connectivity index (χ2v) is 7.33. The molecule has 4 aromatic rings. The molecule has 2 heterocycles. The number of anilines is 2. The molecule has 2 aromatic carbocycles. The Bertz CT molecular complexity index is 1180. The van der Waals surface area contributed by atoms with Crippen LogP contribution in [0.25, 0.3) is 22.2 Å². The highest BCUT2D eigenvalue weighted by Gasteiger charge is 2.12. The Kier molecular flexibility index (Phi) is 5.39. The number of benzene rings is 2. The molecular weight excluding hydrogens is 376 g/mol. The van der Waals surface area contributed by atoms with E-state index in [1.54, 1.807) is 7.11 Å². The molecule has 2 N–H and O–H groups in total. The molecule has 0 unspecified atom stereocenters. The fraction of sp³-hybridized carbons (Fsp3) is 0.167. The van der Waals surface area contributed by atoms with Crippen molar-refractivity contribution in [1.82, 2.24) is 9.97 Å². The second-order valence-electron chi connectivity index (χ2n) is 7.33. The van der Waals surface area contributed by atoms with Crippen LogP contribution in [-0.2, 0) is 11.2 Å². The van der Waals surface area contributed by atoms with Crippen molar-refractivity contribution in [3.05, 3.63) is 72.6 Å². The predicted molar refractivity (Wildman–Crippen MR) is 121 cm³/mol. The number of fused-ring (bicyclic) bond motifs is 1. The van der Waals surface area contributed by atoms with E-state index < -0.39 is 0 Å². The maximum Gasteiger partial charge on any atom is 0.228 e. The fourth-order valence-corrected chi connectivity index (χ4v) is 3.39. The molecule has 0 spiro atoms. The molecule has 4 rings (SSSR count). The monoisotopic (exact) mass is 400 g/mol. The van der Waals surface area contributed by atoms with E-state index in [0.29, 0.717) is 0 Å². The van der Waals surface area contributed by atoms with Crippen LogP contribution in [-0.4, -0.2) is 37.1 Å². The predicted octanol–water partition coefficient (Wildman–Crippen LogP) is 4.49. The van der Waals surface area contributed by atoms with E-state index in [1.165, 1.54) is 0 Å². The molecule has 0 fully saturated rings. The molecule has 0 atom stereocenters. The molecule has 152 valence electrons. The van der Waals surface area contributed by atoms with E-state index in [1.807, 2.05) is 79.9 Å². The van der Waals surface area contributed by atoms with E-state index in [2.05, 4.69) is 21.4 Å². The van der Waals surface area contributed by atoms with Gasteiger partial charge in [-0.05, 0) is 47.5 Å². The van der Waals surface area contributed by atoms with E-state index in [0.717, 1.165) is 44.8 Å². The number of nitrogens with zero attached hydrogens (tertiary/aromatic N) is 2. The summed E-state index contributed by atoms with van der Waals surface area (Å²) in [5, 5.41) is 3.93. The number of hydrogen-bond acceptors (Lipinski definition) is 4. The zero-order chi connectivity index (χ0) is 21.1. The van der Waals surface area contributed by atoms with Crippen LogP contribution in [0.2, 0.25) is 0 Å². The maximum absolute atomic E-state index is 12.7. The smallest absolute Gasteiger partial charge is 0.228 e. The van der Waals surface area contributed by atoms with Crippen molar-refractivity contribution in [1.29, 1.82) is 0 Å². The average molecular weight is 400 g/mol. The summed E-state index contributed by atoms with van der Waals surface area (Å²) in [6.07, 6.45) is 3.95. The molecule has 2 aromatic heterocycles. The Labute approximate surface area is 175 Å². The molecule has 0 aliphatic rings. The normalized spacial score (nSPS) is 10.8. The largest absolute Gasteiger partial charge is 0.497 e. The molecular formula is C24H24N4O2. The van der Waals surface area contributed by atoms with Gasteiger partial charge in [0.05, 0.1) is 13.5 Å². The molecule has 0 aliphatic heterocycles. The third kappa shape index (κ3) is 4.12. The molecule has 1 amide bonds. The first-order valence-corrected chi connectivity index (χ1v) is 9.71. The number of aromatic nitrogens is 2. The third-order valence-corrected chi connectivity index (χ3v) is 5.04. The summed E-state index contributed by atoms with van der Waals surface area (Å²) in [4.78, 5) is 22.3. The van der Waals surface area contributed by atoms with Gasteiger partial charge in [0.25, 0.3) is 0 Å². The van der Waals surface area contributed by atoms with E-state index >= 15 is 0 Å². The van der Waals surface area contributed by atoms with Gasteiger partial charge in [0.15, 0.2) is 0 Å². The molecule has 6 nitrogen and oxygen atoms in total. The van der Waals surface area contributed by atoms with Gasteiger partial charge < -0.3 is 19.9 Å². The minimum absolute atomic E-state index is 0.0679. The van der Waals surface area contributed by atoms with Crippen molar-refractivity contribution < 1.29 is 9.53 Å². The number of rotatable bonds is 6. The molecule has 0 radical (unpaired) electrons. The standard InChI is InChI=1S/C24H24N4O2/c1-28(2)20-6-4-5-19(13-20)27-23(29)12-18-15-26-24-22(18)11-17(14-25-24)16-7-9-21(30-3)10-8-16/h4-11,13-15H,12H2,1-3H3,(H,25,26)(H,27,29). The first-order chi connectivity index (χ1) is 14.5. The number of aromatic amines is 1. The highest BCUT2D eigenvalue weighted by molar-refractivity contribution is 5.96. The molecule has 30 heavy (non-hydrogen) atoms. The van der Waals surface area contributed by atoms with E-state index in [4.69, 9.17) is 4.74 Å². The van der Waals surface area contributed by atoms with Crippen molar-refractivity contribution in [2.75, 3.05) is 31.4 Å². The van der Waals surface area contributed by atoms with Gasteiger partial charge in [-0.2, -0.15) is 0 Å². The number of carbonyl (C=O) groups excluding carboxylic acids is 1. The van der Waals surface area contributed by atoms with Gasteiger partial charge in [-0.15, -0.1) is 0 Å². The van der Waals surface area contributed by atoms with Crippen LogP contribution in [0.15, 0.2) is 67.0 Å². The number of nitrogens with one attached hydrogen (secondary N) is 2. The summed E-state index contributed by atoms with van der Waals surface area (Å²) >= 11 is 0.